The smallest absolute Gasteiger partial charge is 0.236 e. The summed E-state index contributed by atoms with van der Waals surface area (Å²) in [5.41, 5.74) is 3.15. The predicted octanol–water partition coefficient (Wildman–Crippen LogP) is 1.75. The first kappa shape index (κ1) is 17.7. The molecule has 2 fully saturated rings. The summed E-state index contributed by atoms with van der Waals surface area (Å²) in [5, 5.41) is 9.04. The highest BCUT2D eigenvalue weighted by molar-refractivity contribution is 5.80. The van der Waals surface area contributed by atoms with Gasteiger partial charge in [-0.15, -0.1) is 0 Å². The fourth-order valence-corrected chi connectivity index (χ4v) is 4.59. The highest BCUT2D eigenvalue weighted by atomic mass is 16.3. The number of fused-ring (bicyclic) bond motifs is 3. The van der Waals surface area contributed by atoms with Crippen LogP contribution in [0.4, 0.5) is 0 Å². The number of hydrogen-bond donors (Lipinski definition) is 0. The molecular weight excluding hydrogens is 354 g/mol. The van der Waals surface area contributed by atoms with E-state index in [2.05, 4.69) is 20.9 Å². The van der Waals surface area contributed by atoms with Gasteiger partial charge >= 0.3 is 0 Å². The van der Waals surface area contributed by atoms with Crippen LogP contribution >= 0.6 is 0 Å². The Balaban J connectivity index is 1.20. The number of nitrogens with zero attached hydrogens (tertiary/aromatic N) is 5. The van der Waals surface area contributed by atoms with Gasteiger partial charge in [0.05, 0.1) is 18.7 Å². The maximum absolute atomic E-state index is 12.8. The molecule has 0 spiro atoms. The van der Waals surface area contributed by atoms with Crippen molar-refractivity contribution in [1.29, 1.82) is 5.26 Å². The lowest BCUT2D eigenvalue weighted by Crippen LogP contribution is -2.55. The van der Waals surface area contributed by atoms with Crippen molar-refractivity contribution in [2.45, 2.75) is 38.3 Å². The summed E-state index contributed by atoms with van der Waals surface area (Å²) >= 11 is 0. The summed E-state index contributed by atoms with van der Waals surface area (Å²) in [5.74, 6) is 1.10. The Bertz CT molecular complexity index is 934. The molecule has 0 aromatic carbocycles. The molecule has 4 heterocycles. The molecule has 146 valence electrons. The summed E-state index contributed by atoms with van der Waals surface area (Å²) in [6.45, 7) is 5.61. The van der Waals surface area contributed by atoms with E-state index in [1.807, 2.05) is 4.90 Å². The van der Waals surface area contributed by atoms with Crippen LogP contribution in [-0.4, -0.2) is 70.9 Å². The van der Waals surface area contributed by atoms with Crippen molar-refractivity contribution in [1.82, 2.24) is 19.7 Å². The lowest BCUT2D eigenvalue weighted by molar-refractivity contribution is -0.135. The van der Waals surface area contributed by atoms with Crippen LogP contribution < -0.4 is 0 Å². The molecule has 0 N–H and O–H groups in total. The number of rotatable bonds is 3. The number of hydrogen-bond acceptors (Lipinski definition) is 6. The van der Waals surface area contributed by atoms with Crippen molar-refractivity contribution in [2.75, 3.05) is 39.3 Å². The van der Waals surface area contributed by atoms with Crippen molar-refractivity contribution < 1.29 is 9.21 Å². The molecule has 1 amide bonds. The zero-order valence-corrected chi connectivity index (χ0v) is 16.1. The molecule has 0 unspecified atom stereocenters. The second-order valence-electron chi connectivity index (χ2n) is 8.15. The van der Waals surface area contributed by atoms with Gasteiger partial charge in [-0.3, -0.25) is 19.6 Å². The third-order valence-corrected chi connectivity index (χ3v) is 6.50. The van der Waals surface area contributed by atoms with Crippen LogP contribution in [0.1, 0.15) is 36.1 Å². The van der Waals surface area contributed by atoms with Gasteiger partial charge in [-0.2, -0.15) is 5.26 Å². The predicted molar refractivity (Wildman–Crippen MR) is 103 cm³/mol. The maximum atomic E-state index is 12.8. The Morgan fingerprint density at radius 2 is 2.07 bits per heavy atom. The van der Waals surface area contributed by atoms with Crippen molar-refractivity contribution in [2.24, 2.45) is 0 Å². The lowest BCUT2D eigenvalue weighted by Gasteiger charge is -2.43. The van der Waals surface area contributed by atoms with Gasteiger partial charge in [-0.25, -0.2) is 0 Å². The van der Waals surface area contributed by atoms with Gasteiger partial charge in [-0.05, 0) is 19.3 Å². The van der Waals surface area contributed by atoms with Crippen LogP contribution in [0, 0.1) is 11.3 Å². The molecule has 7 nitrogen and oxygen atoms in total. The first-order valence-corrected chi connectivity index (χ1v) is 10.3. The fourth-order valence-electron chi connectivity index (χ4n) is 4.59. The molecule has 0 radical (unpaired) electrons. The van der Waals surface area contributed by atoms with E-state index >= 15 is 0 Å². The summed E-state index contributed by atoms with van der Waals surface area (Å²) in [6.07, 6.45) is 6.43. The summed E-state index contributed by atoms with van der Waals surface area (Å²) in [7, 11) is 0. The fraction of sp³-hybridized carbons (Fsp3) is 0.571. The monoisotopic (exact) mass is 379 g/mol. The van der Waals surface area contributed by atoms with Gasteiger partial charge in [0.1, 0.15) is 17.3 Å². The zero-order chi connectivity index (χ0) is 19.1. The third-order valence-electron chi connectivity index (χ3n) is 6.50. The number of pyridine rings is 1. The molecule has 5 rings (SSSR count). The van der Waals surface area contributed by atoms with E-state index in [1.54, 1.807) is 12.3 Å². The van der Waals surface area contributed by atoms with Crippen LogP contribution in [0.15, 0.2) is 16.7 Å². The highest BCUT2D eigenvalue weighted by Gasteiger charge is 2.31. The molecule has 1 saturated heterocycles. The van der Waals surface area contributed by atoms with Crippen LogP contribution in [-0.2, 0) is 17.8 Å². The Hall–Kier alpha value is -2.43. The molecule has 2 aromatic heterocycles. The minimum absolute atomic E-state index is 0.220. The van der Waals surface area contributed by atoms with Crippen molar-refractivity contribution >= 4 is 17.0 Å². The average Bonchev–Trinajstić information content (AvgIpc) is 3.03. The van der Waals surface area contributed by atoms with E-state index in [0.29, 0.717) is 24.2 Å². The molecule has 7 heteroatoms. The quantitative estimate of drug-likeness (QED) is 0.809. The molecule has 3 aliphatic rings. The van der Waals surface area contributed by atoms with E-state index in [-0.39, 0.29) is 5.91 Å². The minimum atomic E-state index is 0.220. The largest absolute Gasteiger partial charge is 0.458 e. The standard InChI is InChI=1S/C21H25N5O2/c22-11-15-10-18-21(23-12-15)17-4-5-24(13-19(17)28-18)14-20(27)26-8-6-25(7-9-26)16-2-1-3-16/h10,12,16H,1-9,13-14H2. The second-order valence-corrected chi connectivity index (χ2v) is 8.15. The molecule has 1 aliphatic carbocycles. The molecule has 2 aliphatic heterocycles. The molecule has 2 aromatic rings. The minimum Gasteiger partial charge on any atom is -0.458 e. The topological polar surface area (TPSA) is 76.6 Å². The maximum Gasteiger partial charge on any atom is 0.236 e. The van der Waals surface area contributed by atoms with Crippen molar-refractivity contribution in [3.8, 4) is 6.07 Å². The Morgan fingerprint density at radius 1 is 1.25 bits per heavy atom. The van der Waals surface area contributed by atoms with Gasteiger partial charge in [-0.1, -0.05) is 6.42 Å². The number of carbonyl (C=O) groups excluding carboxylic acids is 1. The number of aromatic nitrogens is 1. The van der Waals surface area contributed by atoms with Crippen molar-refractivity contribution in [3.05, 3.63) is 29.2 Å². The van der Waals surface area contributed by atoms with Crippen molar-refractivity contribution in [3.63, 3.8) is 0 Å². The number of piperazine rings is 1. The van der Waals surface area contributed by atoms with Crippen LogP contribution in [0.25, 0.3) is 11.1 Å². The summed E-state index contributed by atoms with van der Waals surface area (Å²) in [6, 6.07) is 4.61. The molecule has 28 heavy (non-hydrogen) atoms. The van der Waals surface area contributed by atoms with Gasteiger partial charge in [0.2, 0.25) is 5.91 Å². The number of furan rings is 1. The Kier molecular flexibility index (Phi) is 4.53. The first-order chi connectivity index (χ1) is 13.7. The van der Waals surface area contributed by atoms with Crippen LogP contribution in [0.2, 0.25) is 0 Å². The summed E-state index contributed by atoms with van der Waals surface area (Å²) in [4.78, 5) is 23.9. The van der Waals surface area contributed by atoms with Gasteiger partial charge in [0.15, 0.2) is 5.58 Å². The zero-order valence-electron chi connectivity index (χ0n) is 16.1. The van der Waals surface area contributed by atoms with Gasteiger partial charge < -0.3 is 9.32 Å². The molecule has 0 bridgehead atoms. The first-order valence-electron chi connectivity index (χ1n) is 10.3. The third kappa shape index (κ3) is 3.17. The second kappa shape index (κ2) is 7.19. The van der Waals surface area contributed by atoms with E-state index in [9.17, 15) is 4.79 Å². The Labute approximate surface area is 164 Å². The lowest BCUT2D eigenvalue weighted by atomic mass is 9.91. The number of carbonyl (C=O) groups is 1. The summed E-state index contributed by atoms with van der Waals surface area (Å²) < 4.78 is 5.96. The molecule has 0 atom stereocenters. The van der Waals surface area contributed by atoms with Crippen LogP contribution in [0.5, 0.6) is 0 Å². The van der Waals surface area contributed by atoms with Gasteiger partial charge in [0.25, 0.3) is 0 Å². The number of amides is 1. The van der Waals surface area contributed by atoms with Crippen LogP contribution in [0.3, 0.4) is 0 Å². The van der Waals surface area contributed by atoms with E-state index < -0.39 is 0 Å². The number of nitriles is 1. The van der Waals surface area contributed by atoms with E-state index in [4.69, 9.17) is 9.68 Å². The highest BCUT2D eigenvalue weighted by Crippen LogP contribution is 2.30. The Morgan fingerprint density at radius 3 is 2.79 bits per heavy atom. The average molecular weight is 379 g/mol. The molecule has 1 saturated carbocycles. The normalized spacial score (nSPS) is 21.3. The SMILES string of the molecule is N#Cc1cnc2c3c(oc2c1)CN(CC(=O)N1CCN(C2CCC2)CC1)CC3. The van der Waals surface area contributed by atoms with E-state index in [1.165, 1.54) is 19.3 Å². The molecular formula is C21H25N5O2. The van der Waals surface area contributed by atoms with E-state index in [0.717, 1.165) is 62.0 Å². The van der Waals surface area contributed by atoms with Gasteiger partial charge in [0, 0.05) is 56.6 Å².